The first-order valence-electron chi connectivity index (χ1n) is 7.25. The van der Waals surface area contributed by atoms with Crippen LogP contribution in [0.15, 0.2) is 0 Å². The van der Waals surface area contributed by atoms with Crippen LogP contribution in [0.5, 0.6) is 0 Å². The van der Waals surface area contributed by atoms with Crippen LogP contribution >= 0.6 is 0 Å². The van der Waals surface area contributed by atoms with E-state index in [1.165, 1.54) is 6.42 Å². The van der Waals surface area contributed by atoms with Gasteiger partial charge < -0.3 is 20.5 Å². The molecule has 0 radical (unpaired) electrons. The molecule has 19 heavy (non-hydrogen) atoms. The summed E-state index contributed by atoms with van der Waals surface area (Å²) in [4.78, 5) is 11.7. The second-order valence-electron chi connectivity index (χ2n) is 6.54. The molecule has 1 saturated heterocycles. The first-order valence-corrected chi connectivity index (χ1v) is 7.25. The Labute approximate surface area is 115 Å². The van der Waals surface area contributed by atoms with Crippen molar-refractivity contribution in [3.8, 4) is 0 Å². The van der Waals surface area contributed by atoms with E-state index in [0.717, 1.165) is 32.4 Å². The highest BCUT2D eigenvalue weighted by atomic mass is 16.5. The average molecular weight is 270 g/mol. The molecular weight excluding hydrogens is 244 g/mol. The van der Waals surface area contributed by atoms with Crippen LogP contribution in [0.3, 0.4) is 0 Å². The van der Waals surface area contributed by atoms with Gasteiger partial charge in [-0.3, -0.25) is 4.79 Å². The van der Waals surface area contributed by atoms with Gasteiger partial charge in [-0.1, -0.05) is 19.8 Å². The Hall–Kier alpha value is -0.650. The Bertz CT molecular complexity index is 331. The first-order chi connectivity index (χ1) is 8.91. The zero-order chi connectivity index (χ0) is 13.9. The van der Waals surface area contributed by atoms with Gasteiger partial charge in [0.1, 0.15) is 6.61 Å². The maximum absolute atomic E-state index is 11.7. The van der Waals surface area contributed by atoms with E-state index in [1.807, 2.05) is 6.92 Å². The van der Waals surface area contributed by atoms with Crippen molar-refractivity contribution in [3.63, 3.8) is 0 Å². The van der Waals surface area contributed by atoms with Crippen molar-refractivity contribution in [2.24, 2.45) is 5.92 Å². The Kier molecular flexibility index (Phi) is 4.48. The standard InChI is InChI=1S/C14H26N2O3/c1-11-4-3-5-14(18,6-11)10-16-12(17)7-19-13(2)8-15-9-13/h11,15,18H,3-10H2,1-2H3,(H,16,17). The highest BCUT2D eigenvalue weighted by Crippen LogP contribution is 2.31. The van der Waals surface area contributed by atoms with Gasteiger partial charge in [-0.15, -0.1) is 0 Å². The van der Waals surface area contributed by atoms with Gasteiger partial charge >= 0.3 is 0 Å². The molecule has 0 aromatic carbocycles. The minimum absolute atomic E-state index is 0.0732. The van der Waals surface area contributed by atoms with Crippen molar-refractivity contribution >= 4 is 5.91 Å². The highest BCUT2D eigenvalue weighted by molar-refractivity contribution is 5.77. The van der Waals surface area contributed by atoms with E-state index in [2.05, 4.69) is 17.6 Å². The monoisotopic (exact) mass is 270 g/mol. The number of ether oxygens (including phenoxy) is 1. The summed E-state index contributed by atoms with van der Waals surface area (Å²) in [5.74, 6) is 0.395. The molecule has 1 saturated carbocycles. The molecule has 0 spiro atoms. The lowest BCUT2D eigenvalue weighted by atomic mass is 9.79. The van der Waals surface area contributed by atoms with Crippen LogP contribution in [0.1, 0.15) is 39.5 Å². The number of carbonyl (C=O) groups is 1. The maximum atomic E-state index is 11.7. The fourth-order valence-corrected chi connectivity index (χ4v) is 2.93. The lowest BCUT2D eigenvalue weighted by Crippen LogP contribution is -2.59. The third-order valence-electron chi connectivity index (χ3n) is 4.23. The van der Waals surface area contributed by atoms with Crippen LogP contribution in [0, 0.1) is 5.92 Å². The zero-order valence-corrected chi connectivity index (χ0v) is 12.0. The summed E-state index contributed by atoms with van der Waals surface area (Å²) in [6, 6.07) is 0. The van der Waals surface area contributed by atoms with E-state index in [0.29, 0.717) is 12.5 Å². The SMILES string of the molecule is CC1CCCC(O)(CNC(=O)COC2(C)CNC2)C1. The van der Waals surface area contributed by atoms with Crippen molar-refractivity contribution in [2.45, 2.75) is 50.7 Å². The van der Waals surface area contributed by atoms with E-state index in [-0.39, 0.29) is 18.1 Å². The van der Waals surface area contributed by atoms with Crippen LogP contribution in [0.2, 0.25) is 0 Å². The summed E-state index contributed by atoms with van der Waals surface area (Å²) in [6.45, 7) is 6.15. The third-order valence-corrected chi connectivity index (χ3v) is 4.23. The van der Waals surface area contributed by atoms with Crippen molar-refractivity contribution in [3.05, 3.63) is 0 Å². The molecule has 1 amide bonds. The minimum atomic E-state index is -0.727. The summed E-state index contributed by atoms with van der Waals surface area (Å²) >= 11 is 0. The topological polar surface area (TPSA) is 70.6 Å². The van der Waals surface area contributed by atoms with E-state index < -0.39 is 5.60 Å². The second-order valence-corrected chi connectivity index (χ2v) is 6.54. The normalized spacial score (nSPS) is 33.5. The highest BCUT2D eigenvalue weighted by Gasteiger charge is 2.34. The molecule has 1 heterocycles. The van der Waals surface area contributed by atoms with Gasteiger partial charge in [0, 0.05) is 19.6 Å². The fraction of sp³-hybridized carbons (Fsp3) is 0.929. The lowest BCUT2D eigenvalue weighted by Gasteiger charge is -2.39. The van der Waals surface area contributed by atoms with Crippen molar-refractivity contribution in [1.29, 1.82) is 0 Å². The van der Waals surface area contributed by atoms with E-state index in [9.17, 15) is 9.90 Å². The van der Waals surface area contributed by atoms with Crippen LogP contribution < -0.4 is 10.6 Å². The second kappa shape index (κ2) is 5.77. The number of hydrogen-bond acceptors (Lipinski definition) is 4. The molecule has 110 valence electrons. The molecule has 0 bridgehead atoms. The maximum Gasteiger partial charge on any atom is 0.246 e. The van der Waals surface area contributed by atoms with E-state index in [4.69, 9.17) is 4.74 Å². The largest absolute Gasteiger partial charge is 0.388 e. The average Bonchev–Trinajstić information content (AvgIpc) is 2.31. The molecule has 2 rings (SSSR count). The van der Waals surface area contributed by atoms with E-state index in [1.54, 1.807) is 0 Å². The number of carbonyl (C=O) groups excluding carboxylic acids is 1. The van der Waals surface area contributed by atoms with Gasteiger partial charge in [-0.05, 0) is 25.7 Å². The summed E-state index contributed by atoms with van der Waals surface area (Å²) in [5.41, 5.74) is -0.928. The van der Waals surface area contributed by atoms with Crippen LogP contribution in [0.4, 0.5) is 0 Å². The van der Waals surface area contributed by atoms with Gasteiger partial charge in [0.25, 0.3) is 0 Å². The van der Waals surface area contributed by atoms with Crippen LogP contribution in [-0.2, 0) is 9.53 Å². The van der Waals surface area contributed by atoms with E-state index >= 15 is 0 Å². The predicted molar refractivity (Wildman–Crippen MR) is 72.8 cm³/mol. The molecule has 1 aliphatic heterocycles. The third kappa shape index (κ3) is 4.16. The quantitative estimate of drug-likeness (QED) is 0.677. The summed E-state index contributed by atoms with van der Waals surface area (Å²) < 4.78 is 5.56. The number of hydrogen-bond donors (Lipinski definition) is 3. The Morgan fingerprint density at radius 2 is 2.26 bits per heavy atom. The van der Waals surface area contributed by atoms with Gasteiger partial charge in [-0.2, -0.15) is 0 Å². The van der Waals surface area contributed by atoms with Crippen molar-refractivity contribution in [1.82, 2.24) is 10.6 Å². The molecule has 5 heteroatoms. The lowest BCUT2D eigenvalue weighted by molar-refractivity contribution is -0.137. The molecule has 2 unspecified atom stereocenters. The summed E-state index contributed by atoms with van der Waals surface area (Å²) in [5, 5.41) is 16.3. The van der Waals surface area contributed by atoms with Crippen molar-refractivity contribution < 1.29 is 14.6 Å². The first kappa shape index (κ1) is 14.8. The summed E-state index contributed by atoms with van der Waals surface area (Å²) in [6.07, 6.45) is 3.76. The summed E-state index contributed by atoms with van der Waals surface area (Å²) in [7, 11) is 0. The Morgan fingerprint density at radius 1 is 1.53 bits per heavy atom. The smallest absolute Gasteiger partial charge is 0.246 e. The number of amides is 1. The van der Waals surface area contributed by atoms with Crippen molar-refractivity contribution in [2.75, 3.05) is 26.2 Å². The molecule has 2 fully saturated rings. The molecule has 3 N–H and O–H groups in total. The van der Waals surface area contributed by atoms with Crippen LogP contribution in [0.25, 0.3) is 0 Å². The molecular formula is C14H26N2O3. The van der Waals surface area contributed by atoms with Gasteiger partial charge in [0.15, 0.2) is 0 Å². The molecule has 0 aromatic rings. The fourth-order valence-electron chi connectivity index (χ4n) is 2.93. The van der Waals surface area contributed by atoms with Crippen LogP contribution in [-0.4, -0.2) is 48.5 Å². The van der Waals surface area contributed by atoms with Gasteiger partial charge in [0.2, 0.25) is 5.91 Å². The number of aliphatic hydroxyl groups is 1. The van der Waals surface area contributed by atoms with Gasteiger partial charge in [-0.25, -0.2) is 0 Å². The molecule has 1 aliphatic carbocycles. The Balaban J connectivity index is 1.67. The number of rotatable bonds is 5. The zero-order valence-electron chi connectivity index (χ0n) is 12.0. The molecule has 0 aromatic heterocycles. The molecule has 2 atom stereocenters. The number of nitrogens with one attached hydrogen (secondary N) is 2. The molecule has 2 aliphatic rings. The Morgan fingerprint density at radius 3 is 2.84 bits per heavy atom. The minimum Gasteiger partial charge on any atom is -0.388 e. The molecule has 5 nitrogen and oxygen atoms in total. The van der Waals surface area contributed by atoms with Gasteiger partial charge in [0.05, 0.1) is 11.2 Å². The predicted octanol–water partition coefficient (Wildman–Crippen LogP) is 0.422.